The Bertz CT molecular complexity index is 813. The fourth-order valence-electron chi connectivity index (χ4n) is 4.06. The fourth-order valence-corrected chi connectivity index (χ4v) is 4.32. The van der Waals surface area contributed by atoms with Crippen LogP contribution in [0.5, 0.6) is 5.75 Å². The zero-order chi connectivity index (χ0) is 20.1. The molecule has 2 atom stereocenters. The molecule has 2 unspecified atom stereocenters. The minimum absolute atomic E-state index is 0.166. The van der Waals surface area contributed by atoms with Gasteiger partial charge in [0.2, 0.25) is 0 Å². The van der Waals surface area contributed by atoms with Gasteiger partial charge in [-0.1, -0.05) is 48.9 Å². The largest absolute Gasteiger partial charge is 0.496 e. The number of carbonyl (C=O) groups is 1. The second-order valence-corrected chi connectivity index (χ2v) is 7.39. The third kappa shape index (κ3) is 4.26. The zero-order valence-electron chi connectivity index (χ0n) is 16.7. The highest BCUT2D eigenvalue weighted by molar-refractivity contribution is 6.33. The van der Waals surface area contributed by atoms with Crippen molar-refractivity contribution in [3.8, 4) is 5.75 Å². The first kappa shape index (κ1) is 20.5. The molecule has 0 saturated carbocycles. The quantitative estimate of drug-likeness (QED) is 0.724. The summed E-state index contributed by atoms with van der Waals surface area (Å²) in [7, 11) is 3.34. The van der Waals surface area contributed by atoms with Crippen molar-refractivity contribution in [2.45, 2.75) is 31.8 Å². The van der Waals surface area contributed by atoms with Crippen LogP contribution in [0.15, 0.2) is 42.5 Å². The van der Waals surface area contributed by atoms with Gasteiger partial charge >= 0.3 is 0 Å². The van der Waals surface area contributed by atoms with Gasteiger partial charge in [-0.15, -0.1) is 0 Å². The molecule has 1 fully saturated rings. The molecule has 3 rings (SSSR count). The van der Waals surface area contributed by atoms with Crippen molar-refractivity contribution in [3.63, 3.8) is 0 Å². The highest BCUT2D eigenvalue weighted by atomic mass is 35.5. The molecule has 1 heterocycles. The van der Waals surface area contributed by atoms with Crippen LogP contribution in [0.25, 0.3) is 0 Å². The Morgan fingerprint density at radius 1 is 1.25 bits per heavy atom. The number of hydrogen-bond donors (Lipinski definition) is 2. The van der Waals surface area contributed by atoms with Gasteiger partial charge in [-0.2, -0.15) is 0 Å². The third-order valence-corrected chi connectivity index (χ3v) is 5.81. The fraction of sp³-hybridized carbons (Fsp3) is 0.409. The van der Waals surface area contributed by atoms with Crippen molar-refractivity contribution >= 4 is 23.2 Å². The monoisotopic (exact) mass is 401 g/mol. The van der Waals surface area contributed by atoms with E-state index in [1.807, 2.05) is 6.07 Å². The van der Waals surface area contributed by atoms with Crippen molar-refractivity contribution in [1.29, 1.82) is 0 Å². The molecular weight excluding hydrogens is 374 g/mol. The second-order valence-electron chi connectivity index (χ2n) is 6.98. The van der Waals surface area contributed by atoms with Gasteiger partial charge in [0, 0.05) is 31.7 Å². The molecule has 0 bridgehead atoms. The van der Waals surface area contributed by atoms with E-state index in [1.165, 1.54) is 5.56 Å². The maximum atomic E-state index is 12.8. The Labute approximate surface area is 172 Å². The molecule has 1 aliphatic rings. The van der Waals surface area contributed by atoms with Crippen molar-refractivity contribution in [2.24, 2.45) is 0 Å². The van der Waals surface area contributed by atoms with E-state index in [9.17, 15) is 4.79 Å². The molecule has 2 N–H and O–H groups in total. The number of likely N-dealkylation sites (tertiary alicyclic amines) is 1. The first-order valence-electron chi connectivity index (χ1n) is 9.73. The van der Waals surface area contributed by atoms with E-state index in [-0.39, 0.29) is 5.91 Å². The predicted molar refractivity (Wildman–Crippen MR) is 114 cm³/mol. The number of halogens is 1. The minimum atomic E-state index is -0.166. The minimum Gasteiger partial charge on any atom is -0.496 e. The topological polar surface area (TPSA) is 53.6 Å². The lowest BCUT2D eigenvalue weighted by atomic mass is 10.0. The number of anilines is 1. The van der Waals surface area contributed by atoms with E-state index in [4.69, 9.17) is 16.3 Å². The van der Waals surface area contributed by atoms with Crippen LogP contribution in [0.4, 0.5) is 5.69 Å². The molecule has 2 aromatic rings. The first-order chi connectivity index (χ1) is 13.6. The van der Waals surface area contributed by atoms with Gasteiger partial charge in [0.25, 0.3) is 5.91 Å². The summed E-state index contributed by atoms with van der Waals surface area (Å²) in [5.41, 5.74) is 2.52. The summed E-state index contributed by atoms with van der Waals surface area (Å²) in [6.45, 7) is 3.73. The van der Waals surface area contributed by atoms with E-state index >= 15 is 0 Å². The summed E-state index contributed by atoms with van der Waals surface area (Å²) in [4.78, 5) is 15.3. The molecule has 0 radical (unpaired) electrons. The van der Waals surface area contributed by atoms with Gasteiger partial charge in [-0.25, -0.2) is 0 Å². The van der Waals surface area contributed by atoms with E-state index in [2.05, 4.69) is 46.7 Å². The van der Waals surface area contributed by atoms with E-state index in [1.54, 1.807) is 26.3 Å². The average molecular weight is 402 g/mol. The Balaban J connectivity index is 1.69. The number of ether oxygens (including phenoxy) is 1. The molecule has 6 heteroatoms. The molecule has 1 amide bonds. The number of likely N-dealkylation sites (N-methyl/N-ethyl adjacent to an activating group) is 1. The molecular formula is C22H28ClN3O2. The number of methoxy groups -OCH3 is 1. The molecule has 0 aromatic heterocycles. The first-order valence-corrected chi connectivity index (χ1v) is 10.1. The van der Waals surface area contributed by atoms with Crippen molar-refractivity contribution in [1.82, 2.24) is 10.2 Å². The average Bonchev–Trinajstić information content (AvgIpc) is 3.15. The zero-order valence-corrected chi connectivity index (χ0v) is 17.4. The van der Waals surface area contributed by atoms with Gasteiger partial charge in [-0.3, -0.25) is 9.69 Å². The van der Waals surface area contributed by atoms with Crippen LogP contribution in [0.1, 0.15) is 41.7 Å². The van der Waals surface area contributed by atoms with E-state index < -0.39 is 0 Å². The number of rotatable bonds is 7. The summed E-state index contributed by atoms with van der Waals surface area (Å²) in [5, 5.41) is 6.57. The Hall–Kier alpha value is -2.24. The smallest absolute Gasteiger partial charge is 0.255 e. The van der Waals surface area contributed by atoms with Crippen molar-refractivity contribution in [2.75, 3.05) is 32.6 Å². The standard InChI is InChI=1S/C22H28ClN3O2/c1-4-26-16(10-11-20(26)15-8-6-5-7-9-15)14-25-22(27)17-12-18(23)19(24-2)13-21(17)28-3/h5-9,12-13,16,20,24H,4,10-11,14H2,1-3H3,(H,25,27). The Morgan fingerprint density at radius 3 is 2.64 bits per heavy atom. The summed E-state index contributed by atoms with van der Waals surface area (Å²) in [6, 6.07) is 14.7. The maximum Gasteiger partial charge on any atom is 0.255 e. The van der Waals surface area contributed by atoms with Crippen LogP contribution in [0.2, 0.25) is 5.02 Å². The van der Waals surface area contributed by atoms with Crippen LogP contribution < -0.4 is 15.4 Å². The molecule has 150 valence electrons. The molecule has 1 aliphatic heterocycles. The van der Waals surface area contributed by atoms with Gasteiger partial charge in [0.1, 0.15) is 5.75 Å². The third-order valence-electron chi connectivity index (χ3n) is 5.49. The van der Waals surface area contributed by atoms with Gasteiger partial charge in [-0.05, 0) is 31.0 Å². The molecule has 0 spiro atoms. The summed E-state index contributed by atoms with van der Waals surface area (Å²) >= 11 is 6.26. The van der Waals surface area contributed by atoms with Crippen LogP contribution in [0.3, 0.4) is 0 Å². The lowest BCUT2D eigenvalue weighted by molar-refractivity contribution is 0.0933. The molecule has 0 aliphatic carbocycles. The summed E-state index contributed by atoms with van der Waals surface area (Å²) in [6.07, 6.45) is 2.16. The van der Waals surface area contributed by atoms with Crippen molar-refractivity contribution in [3.05, 3.63) is 58.6 Å². The SMILES string of the molecule is CCN1C(CNC(=O)c2cc(Cl)c(NC)cc2OC)CCC1c1ccccc1. The summed E-state index contributed by atoms with van der Waals surface area (Å²) < 4.78 is 5.38. The normalized spacial score (nSPS) is 19.4. The number of nitrogens with one attached hydrogen (secondary N) is 2. The Kier molecular flexibility index (Phi) is 6.81. The molecule has 5 nitrogen and oxygen atoms in total. The molecule has 1 saturated heterocycles. The van der Waals surface area contributed by atoms with Crippen molar-refractivity contribution < 1.29 is 9.53 Å². The van der Waals surface area contributed by atoms with Crippen LogP contribution in [0, 0.1) is 0 Å². The second kappa shape index (κ2) is 9.30. The number of amides is 1. The number of carbonyl (C=O) groups excluding carboxylic acids is 1. The van der Waals surface area contributed by atoms with Gasteiger partial charge < -0.3 is 15.4 Å². The highest BCUT2D eigenvalue weighted by Crippen LogP contribution is 2.35. The predicted octanol–water partition coefficient (Wildman–Crippen LogP) is 4.35. The lowest BCUT2D eigenvalue weighted by Crippen LogP contribution is -2.41. The number of hydrogen-bond acceptors (Lipinski definition) is 4. The molecule has 2 aromatic carbocycles. The molecule has 28 heavy (non-hydrogen) atoms. The van der Waals surface area contributed by atoms with E-state index in [0.717, 1.165) is 25.1 Å². The number of nitrogens with zero attached hydrogens (tertiary/aromatic N) is 1. The van der Waals surface area contributed by atoms with Crippen LogP contribution in [-0.2, 0) is 0 Å². The Morgan fingerprint density at radius 2 is 2.00 bits per heavy atom. The number of benzene rings is 2. The lowest BCUT2D eigenvalue weighted by Gasteiger charge is -2.29. The van der Waals surface area contributed by atoms with Gasteiger partial charge in [0.15, 0.2) is 0 Å². The van der Waals surface area contributed by atoms with E-state index in [0.29, 0.717) is 35.0 Å². The van der Waals surface area contributed by atoms with Crippen LogP contribution in [-0.4, -0.2) is 44.1 Å². The van der Waals surface area contributed by atoms with Gasteiger partial charge in [0.05, 0.1) is 23.4 Å². The van der Waals surface area contributed by atoms with Crippen LogP contribution >= 0.6 is 11.6 Å². The maximum absolute atomic E-state index is 12.8. The highest BCUT2D eigenvalue weighted by Gasteiger charge is 2.33. The summed E-state index contributed by atoms with van der Waals surface area (Å²) in [5.74, 6) is 0.341.